The number of benzene rings is 2. The first kappa shape index (κ1) is 17.3. The van der Waals surface area contributed by atoms with Crippen molar-refractivity contribution in [3.63, 3.8) is 0 Å². The lowest BCUT2D eigenvalue weighted by Gasteiger charge is -2.10. The third-order valence-electron chi connectivity index (χ3n) is 4.32. The van der Waals surface area contributed by atoms with Gasteiger partial charge < -0.3 is 5.32 Å². The number of fused-ring (bicyclic) bond motifs is 1. The van der Waals surface area contributed by atoms with E-state index in [1.807, 2.05) is 49.6 Å². The fourth-order valence-corrected chi connectivity index (χ4v) is 3.01. The Balaban J connectivity index is 1.70. The molecule has 1 N–H and O–H groups in total. The predicted octanol–water partition coefficient (Wildman–Crippen LogP) is 3.82. The SMILES string of the molecule is C#Cc1ccc2nc(Nc3cc(CC#N)cc(-c4cnn(C)c4)c3)ncc2c1. The van der Waals surface area contributed by atoms with E-state index in [2.05, 4.69) is 32.4 Å². The quantitative estimate of drug-likeness (QED) is 0.557. The van der Waals surface area contributed by atoms with Crippen molar-refractivity contribution in [2.24, 2.45) is 7.05 Å². The number of nitrogens with zero attached hydrogens (tertiary/aromatic N) is 5. The molecule has 134 valence electrons. The number of nitrogens with one attached hydrogen (secondary N) is 1. The molecule has 0 aliphatic heterocycles. The number of rotatable bonds is 4. The van der Waals surface area contributed by atoms with Gasteiger partial charge in [0.25, 0.3) is 0 Å². The molecule has 2 heterocycles. The number of aromatic nitrogens is 4. The van der Waals surface area contributed by atoms with Crippen molar-refractivity contribution >= 4 is 22.5 Å². The number of nitriles is 1. The minimum absolute atomic E-state index is 0.316. The largest absolute Gasteiger partial charge is 0.324 e. The van der Waals surface area contributed by atoms with Gasteiger partial charge in [0.15, 0.2) is 0 Å². The van der Waals surface area contributed by atoms with E-state index in [1.54, 1.807) is 17.1 Å². The maximum absolute atomic E-state index is 9.10. The summed E-state index contributed by atoms with van der Waals surface area (Å²) in [5.41, 5.74) is 5.27. The molecule has 0 saturated heterocycles. The third-order valence-corrected chi connectivity index (χ3v) is 4.32. The summed E-state index contributed by atoms with van der Waals surface area (Å²) >= 11 is 0. The van der Waals surface area contributed by atoms with Crippen LogP contribution in [-0.2, 0) is 13.5 Å². The summed E-state index contributed by atoms with van der Waals surface area (Å²) in [6.45, 7) is 0. The maximum atomic E-state index is 9.10. The molecule has 0 aliphatic rings. The van der Waals surface area contributed by atoms with Crippen LogP contribution in [0.2, 0.25) is 0 Å². The summed E-state index contributed by atoms with van der Waals surface area (Å²) in [7, 11) is 1.87. The monoisotopic (exact) mass is 364 g/mol. The van der Waals surface area contributed by atoms with E-state index in [0.29, 0.717) is 12.4 Å². The summed E-state index contributed by atoms with van der Waals surface area (Å²) in [5.74, 6) is 3.09. The summed E-state index contributed by atoms with van der Waals surface area (Å²) in [6, 6.07) is 13.7. The van der Waals surface area contributed by atoms with Gasteiger partial charge in [-0.3, -0.25) is 4.68 Å². The van der Waals surface area contributed by atoms with Crippen molar-refractivity contribution in [2.45, 2.75) is 6.42 Å². The molecule has 0 atom stereocenters. The zero-order valence-electron chi connectivity index (χ0n) is 15.2. The van der Waals surface area contributed by atoms with Gasteiger partial charge in [-0.1, -0.05) is 5.92 Å². The topological polar surface area (TPSA) is 79.4 Å². The number of terminal acetylenes is 1. The molecule has 4 aromatic rings. The molecular formula is C22H16N6. The summed E-state index contributed by atoms with van der Waals surface area (Å²) in [4.78, 5) is 8.94. The van der Waals surface area contributed by atoms with Crippen LogP contribution in [0.3, 0.4) is 0 Å². The molecular weight excluding hydrogens is 348 g/mol. The molecule has 0 fully saturated rings. The van der Waals surface area contributed by atoms with E-state index in [4.69, 9.17) is 11.7 Å². The Morgan fingerprint density at radius 3 is 2.79 bits per heavy atom. The number of anilines is 2. The van der Waals surface area contributed by atoms with E-state index < -0.39 is 0 Å². The van der Waals surface area contributed by atoms with Crippen molar-refractivity contribution in [1.29, 1.82) is 5.26 Å². The minimum atomic E-state index is 0.316. The van der Waals surface area contributed by atoms with E-state index >= 15 is 0 Å². The van der Waals surface area contributed by atoms with Crippen LogP contribution in [-0.4, -0.2) is 19.7 Å². The first-order valence-electron chi connectivity index (χ1n) is 8.65. The molecule has 0 amide bonds. The van der Waals surface area contributed by atoms with E-state index in [9.17, 15) is 0 Å². The number of hydrogen-bond acceptors (Lipinski definition) is 5. The highest BCUT2D eigenvalue weighted by Crippen LogP contribution is 2.26. The van der Waals surface area contributed by atoms with Gasteiger partial charge in [-0.2, -0.15) is 10.4 Å². The average molecular weight is 364 g/mol. The van der Waals surface area contributed by atoms with Crippen LogP contribution in [0.5, 0.6) is 0 Å². The van der Waals surface area contributed by atoms with Gasteiger partial charge in [0.2, 0.25) is 5.95 Å². The van der Waals surface area contributed by atoms with Gasteiger partial charge in [-0.15, -0.1) is 6.42 Å². The van der Waals surface area contributed by atoms with Gasteiger partial charge in [-0.25, -0.2) is 9.97 Å². The molecule has 0 saturated carbocycles. The fraction of sp³-hybridized carbons (Fsp3) is 0.0909. The molecule has 28 heavy (non-hydrogen) atoms. The third kappa shape index (κ3) is 3.53. The van der Waals surface area contributed by atoms with E-state index in [1.165, 1.54) is 0 Å². The van der Waals surface area contributed by atoms with E-state index in [0.717, 1.165) is 38.8 Å². The fourth-order valence-electron chi connectivity index (χ4n) is 3.01. The second-order valence-electron chi connectivity index (χ2n) is 6.39. The Morgan fingerprint density at radius 2 is 2.04 bits per heavy atom. The highest BCUT2D eigenvalue weighted by molar-refractivity contribution is 5.81. The summed E-state index contributed by atoms with van der Waals surface area (Å²) < 4.78 is 1.75. The average Bonchev–Trinajstić information content (AvgIpc) is 3.14. The van der Waals surface area contributed by atoms with Crippen molar-refractivity contribution in [3.8, 4) is 29.5 Å². The Hall–Kier alpha value is -4.16. The van der Waals surface area contributed by atoms with Gasteiger partial charge in [0.1, 0.15) is 0 Å². The zero-order chi connectivity index (χ0) is 19.5. The molecule has 0 bridgehead atoms. The van der Waals surface area contributed by atoms with Crippen LogP contribution in [0, 0.1) is 23.7 Å². The normalized spacial score (nSPS) is 10.4. The lowest BCUT2D eigenvalue weighted by atomic mass is 10.0. The molecule has 0 radical (unpaired) electrons. The standard InChI is InChI=1S/C22H16N6/c1-3-15-4-5-21-18(8-15)12-24-22(27-21)26-20-10-16(6-7-23)9-17(11-20)19-13-25-28(2)14-19/h1,4-5,8-14H,6H2,2H3,(H,24,26,27). The zero-order valence-corrected chi connectivity index (χ0v) is 15.2. The Morgan fingerprint density at radius 1 is 1.14 bits per heavy atom. The second kappa shape index (κ2) is 7.22. The van der Waals surface area contributed by atoms with Crippen LogP contribution in [0.4, 0.5) is 11.6 Å². The highest BCUT2D eigenvalue weighted by atomic mass is 15.2. The van der Waals surface area contributed by atoms with Crippen LogP contribution >= 0.6 is 0 Å². The van der Waals surface area contributed by atoms with E-state index in [-0.39, 0.29) is 0 Å². The van der Waals surface area contributed by atoms with Crippen molar-refractivity contribution in [3.05, 3.63) is 66.1 Å². The van der Waals surface area contributed by atoms with Crippen molar-refractivity contribution in [1.82, 2.24) is 19.7 Å². The first-order chi connectivity index (χ1) is 13.6. The number of hydrogen-bond donors (Lipinski definition) is 1. The van der Waals surface area contributed by atoms with Gasteiger partial charge in [-0.05, 0) is 47.5 Å². The lowest BCUT2D eigenvalue weighted by Crippen LogP contribution is -1.98. The summed E-state index contributed by atoms with van der Waals surface area (Å²) in [5, 5.41) is 17.5. The molecule has 4 rings (SSSR count). The van der Waals surface area contributed by atoms with Crippen molar-refractivity contribution < 1.29 is 0 Å². The molecule has 2 aromatic heterocycles. The minimum Gasteiger partial charge on any atom is -0.324 e. The first-order valence-corrected chi connectivity index (χ1v) is 8.65. The molecule has 6 heteroatoms. The molecule has 0 spiro atoms. The van der Waals surface area contributed by atoms with Crippen molar-refractivity contribution in [2.75, 3.05) is 5.32 Å². The smallest absolute Gasteiger partial charge is 0.227 e. The van der Waals surface area contributed by atoms with Crippen LogP contribution in [0.25, 0.3) is 22.0 Å². The van der Waals surface area contributed by atoms with Gasteiger partial charge in [0, 0.05) is 41.6 Å². The van der Waals surface area contributed by atoms with Crippen LogP contribution in [0.1, 0.15) is 11.1 Å². The second-order valence-corrected chi connectivity index (χ2v) is 6.39. The Kier molecular flexibility index (Phi) is 4.45. The maximum Gasteiger partial charge on any atom is 0.227 e. The summed E-state index contributed by atoms with van der Waals surface area (Å²) in [6.07, 6.45) is 11.2. The molecule has 0 aliphatic carbocycles. The highest BCUT2D eigenvalue weighted by Gasteiger charge is 2.08. The van der Waals surface area contributed by atoms with Gasteiger partial charge in [0.05, 0.1) is 24.2 Å². The Labute approximate surface area is 162 Å². The Bertz CT molecular complexity index is 1260. The van der Waals surface area contributed by atoms with Crippen LogP contribution < -0.4 is 5.32 Å². The predicted molar refractivity (Wildman–Crippen MR) is 109 cm³/mol. The molecule has 6 nitrogen and oxygen atoms in total. The van der Waals surface area contributed by atoms with Crippen LogP contribution in [0.15, 0.2) is 55.0 Å². The molecule has 0 unspecified atom stereocenters. The number of aryl methyl sites for hydroxylation is 1. The lowest BCUT2D eigenvalue weighted by molar-refractivity contribution is 0.768. The molecule has 2 aromatic carbocycles. The van der Waals surface area contributed by atoms with Gasteiger partial charge >= 0.3 is 0 Å².